The van der Waals surface area contributed by atoms with Crippen molar-refractivity contribution in [1.29, 1.82) is 0 Å². The Bertz CT molecular complexity index is 1260. The summed E-state index contributed by atoms with van der Waals surface area (Å²) in [7, 11) is 1.52. The van der Waals surface area contributed by atoms with Crippen molar-refractivity contribution in [2.45, 2.75) is 0 Å². The number of anilines is 2. The van der Waals surface area contributed by atoms with Gasteiger partial charge in [0.2, 0.25) is 0 Å². The highest BCUT2D eigenvalue weighted by Gasteiger charge is 2.42. The van der Waals surface area contributed by atoms with Gasteiger partial charge in [0.25, 0.3) is 17.7 Å². The second-order valence-corrected chi connectivity index (χ2v) is 8.20. The number of methoxy groups -OCH3 is 1. The van der Waals surface area contributed by atoms with Crippen molar-refractivity contribution in [3.8, 4) is 5.75 Å². The molecule has 1 aliphatic heterocycles. The van der Waals surface area contributed by atoms with Crippen molar-refractivity contribution in [3.05, 3.63) is 85.3 Å². The van der Waals surface area contributed by atoms with Gasteiger partial charge >= 0.3 is 0 Å². The van der Waals surface area contributed by atoms with Gasteiger partial charge in [0.1, 0.15) is 5.75 Å². The number of halogens is 4. The fourth-order valence-corrected chi connectivity index (χ4v) is 4.29. The molecule has 4 rings (SSSR count). The Balaban J connectivity index is 1.68. The maximum absolute atomic E-state index is 13.0. The Morgan fingerprint density at radius 2 is 1.44 bits per heavy atom. The van der Waals surface area contributed by atoms with E-state index in [1.54, 1.807) is 36.4 Å². The minimum atomic E-state index is -0.721. The molecule has 32 heavy (non-hydrogen) atoms. The molecule has 0 saturated carbocycles. The van der Waals surface area contributed by atoms with Gasteiger partial charge in [0.15, 0.2) is 0 Å². The summed E-state index contributed by atoms with van der Waals surface area (Å²) in [6.07, 6.45) is 0. The van der Waals surface area contributed by atoms with Crippen LogP contribution in [0.3, 0.4) is 0 Å². The van der Waals surface area contributed by atoms with Crippen LogP contribution in [0.4, 0.5) is 11.4 Å². The van der Waals surface area contributed by atoms with Gasteiger partial charge in [-0.3, -0.25) is 14.4 Å². The predicted molar refractivity (Wildman–Crippen MR) is 125 cm³/mol. The molecule has 6 nitrogen and oxygen atoms in total. The van der Waals surface area contributed by atoms with Gasteiger partial charge in [-0.05, 0) is 30.3 Å². The number of rotatable bonds is 4. The molecule has 1 N–H and O–H groups in total. The Morgan fingerprint density at radius 1 is 0.844 bits per heavy atom. The third-order valence-corrected chi connectivity index (χ3v) is 6.60. The van der Waals surface area contributed by atoms with Gasteiger partial charge < -0.3 is 10.1 Å². The quantitative estimate of drug-likeness (QED) is 0.252. The number of nitrogens with one attached hydrogen (secondary N) is 1. The summed E-state index contributed by atoms with van der Waals surface area (Å²) in [5.41, 5.74) is 0.622. The lowest BCUT2D eigenvalue weighted by Crippen LogP contribution is -2.29. The van der Waals surface area contributed by atoms with E-state index < -0.39 is 17.7 Å². The molecule has 3 aromatic carbocycles. The Morgan fingerprint density at radius 3 is 2.03 bits per heavy atom. The normalized spacial score (nSPS) is 12.7. The molecule has 0 saturated heterocycles. The first-order chi connectivity index (χ1) is 15.2. The van der Waals surface area contributed by atoms with Gasteiger partial charge in [0.05, 0.1) is 44.0 Å². The minimum Gasteiger partial charge on any atom is -0.497 e. The molecule has 0 aromatic heterocycles. The van der Waals surface area contributed by atoms with Crippen molar-refractivity contribution in [2.24, 2.45) is 0 Å². The molecular formula is C22H12Cl4N2O4. The molecule has 0 bridgehead atoms. The summed E-state index contributed by atoms with van der Waals surface area (Å²) in [5.74, 6) is -1.31. The Kier molecular flexibility index (Phi) is 6.05. The number of ether oxygens (including phenoxy) is 1. The molecule has 1 aliphatic rings. The highest BCUT2D eigenvalue weighted by molar-refractivity contribution is 6.56. The zero-order chi connectivity index (χ0) is 23.2. The molecule has 0 fully saturated rings. The summed E-state index contributed by atoms with van der Waals surface area (Å²) in [6.45, 7) is 0. The number of carbonyl (C=O) groups is 3. The monoisotopic (exact) mass is 508 g/mol. The first kappa shape index (κ1) is 22.4. The van der Waals surface area contributed by atoms with Crippen molar-refractivity contribution in [2.75, 3.05) is 17.3 Å². The molecule has 0 unspecified atom stereocenters. The molecule has 0 spiro atoms. The van der Waals surface area contributed by atoms with E-state index in [1.165, 1.54) is 19.2 Å². The molecule has 162 valence electrons. The van der Waals surface area contributed by atoms with E-state index in [9.17, 15) is 14.4 Å². The number of hydrogen-bond donors (Lipinski definition) is 1. The van der Waals surface area contributed by atoms with Crippen LogP contribution < -0.4 is 15.0 Å². The SMILES string of the molecule is COc1cccc(NC(=O)c2cccc(N3C(=O)c4c(Cl)c(Cl)c(Cl)c(Cl)c4C3=O)c2)c1. The van der Waals surface area contributed by atoms with Gasteiger partial charge in [-0.1, -0.05) is 58.5 Å². The topological polar surface area (TPSA) is 75.7 Å². The number of benzene rings is 3. The van der Waals surface area contributed by atoms with E-state index in [0.717, 1.165) is 4.90 Å². The summed E-state index contributed by atoms with van der Waals surface area (Å²) >= 11 is 24.4. The molecule has 0 atom stereocenters. The molecule has 3 amide bonds. The highest BCUT2D eigenvalue weighted by Crippen LogP contribution is 2.45. The van der Waals surface area contributed by atoms with Crippen molar-refractivity contribution in [1.82, 2.24) is 0 Å². The number of imide groups is 1. The average molecular weight is 510 g/mol. The highest BCUT2D eigenvalue weighted by atomic mass is 35.5. The van der Waals surface area contributed by atoms with Crippen LogP contribution in [-0.2, 0) is 0 Å². The molecular weight excluding hydrogens is 498 g/mol. The van der Waals surface area contributed by atoms with E-state index in [4.69, 9.17) is 51.1 Å². The number of carbonyl (C=O) groups excluding carboxylic acids is 3. The van der Waals surface area contributed by atoms with Crippen LogP contribution in [0.15, 0.2) is 48.5 Å². The van der Waals surface area contributed by atoms with Crippen LogP contribution in [0.1, 0.15) is 31.1 Å². The van der Waals surface area contributed by atoms with E-state index in [1.807, 2.05) is 0 Å². The summed E-state index contributed by atoms with van der Waals surface area (Å²) in [4.78, 5) is 39.7. The first-order valence-electron chi connectivity index (χ1n) is 9.04. The summed E-state index contributed by atoms with van der Waals surface area (Å²) < 4.78 is 5.15. The number of hydrogen-bond acceptors (Lipinski definition) is 4. The Hall–Kier alpha value is -2.77. The van der Waals surface area contributed by atoms with Crippen molar-refractivity contribution in [3.63, 3.8) is 0 Å². The second-order valence-electron chi connectivity index (χ2n) is 6.69. The molecule has 10 heteroatoms. The van der Waals surface area contributed by atoms with E-state index in [-0.39, 0.29) is 42.5 Å². The van der Waals surface area contributed by atoms with E-state index in [2.05, 4.69) is 5.32 Å². The van der Waals surface area contributed by atoms with E-state index in [0.29, 0.717) is 11.4 Å². The molecule has 1 heterocycles. The van der Waals surface area contributed by atoms with Crippen LogP contribution in [0.25, 0.3) is 0 Å². The van der Waals surface area contributed by atoms with Gasteiger partial charge in [0, 0.05) is 17.3 Å². The fourth-order valence-electron chi connectivity index (χ4n) is 3.27. The van der Waals surface area contributed by atoms with Gasteiger partial charge in [-0.15, -0.1) is 0 Å². The zero-order valence-corrected chi connectivity index (χ0v) is 19.2. The largest absolute Gasteiger partial charge is 0.497 e. The van der Waals surface area contributed by atoms with Gasteiger partial charge in [-0.25, -0.2) is 4.90 Å². The standard InChI is InChI=1S/C22H12Cl4N2O4/c1-32-13-7-3-5-11(9-13)27-20(29)10-4-2-6-12(8-10)28-21(30)14-15(22(28)31)17(24)19(26)18(25)16(14)23/h2-9H,1H3,(H,27,29). The van der Waals surface area contributed by atoms with Crippen LogP contribution in [0, 0.1) is 0 Å². The van der Waals surface area contributed by atoms with Crippen LogP contribution in [-0.4, -0.2) is 24.8 Å². The lowest BCUT2D eigenvalue weighted by Gasteiger charge is -2.15. The number of amides is 3. The van der Waals surface area contributed by atoms with Crippen LogP contribution in [0.5, 0.6) is 5.75 Å². The fraction of sp³-hybridized carbons (Fsp3) is 0.0455. The zero-order valence-electron chi connectivity index (χ0n) is 16.2. The van der Waals surface area contributed by atoms with Crippen molar-refractivity contribution >= 4 is 75.5 Å². The summed E-state index contributed by atoms with van der Waals surface area (Å²) in [6, 6.07) is 12.8. The first-order valence-corrected chi connectivity index (χ1v) is 10.6. The molecule has 3 aromatic rings. The number of nitrogens with zero attached hydrogens (tertiary/aromatic N) is 1. The third kappa shape index (κ3) is 3.69. The van der Waals surface area contributed by atoms with Gasteiger partial charge in [-0.2, -0.15) is 0 Å². The third-order valence-electron chi connectivity index (χ3n) is 4.80. The lowest BCUT2D eigenvalue weighted by atomic mass is 10.1. The maximum Gasteiger partial charge on any atom is 0.267 e. The van der Waals surface area contributed by atoms with Crippen LogP contribution >= 0.6 is 46.4 Å². The minimum absolute atomic E-state index is 0.119. The lowest BCUT2D eigenvalue weighted by molar-refractivity contribution is 0.0924. The van der Waals surface area contributed by atoms with E-state index >= 15 is 0 Å². The van der Waals surface area contributed by atoms with Crippen LogP contribution in [0.2, 0.25) is 20.1 Å². The van der Waals surface area contributed by atoms with Crippen molar-refractivity contribution < 1.29 is 19.1 Å². The Labute approximate surface area is 202 Å². The molecule has 0 aliphatic carbocycles. The average Bonchev–Trinajstić information content (AvgIpc) is 3.06. The maximum atomic E-state index is 13.0. The number of fused-ring (bicyclic) bond motifs is 1. The molecule has 0 radical (unpaired) electrons. The predicted octanol–water partition coefficient (Wildman–Crippen LogP) is 6.36. The summed E-state index contributed by atoms with van der Waals surface area (Å²) in [5, 5.41) is 2.17. The second kappa shape index (κ2) is 8.64. The smallest absolute Gasteiger partial charge is 0.267 e.